The molecule has 1 unspecified atom stereocenters. The number of rotatable bonds is 4. The molecule has 0 radical (unpaired) electrons. The number of ether oxygens (including phenoxy) is 1. The number of aromatic nitrogens is 2. The normalized spacial score (nSPS) is 12.2. The van der Waals surface area contributed by atoms with Crippen molar-refractivity contribution in [3.63, 3.8) is 0 Å². The van der Waals surface area contributed by atoms with Crippen LogP contribution in [-0.2, 0) is 11.8 Å². The molecule has 4 rings (SSSR count). The molecule has 0 amide bonds. The molecule has 0 bridgehead atoms. The fourth-order valence-corrected chi connectivity index (χ4v) is 4.15. The zero-order valence-electron chi connectivity index (χ0n) is 17.5. The maximum Gasteiger partial charge on any atom is 0.340 e. The number of carbonyl (C=O) groups excluding carboxylic acids is 1. The molecule has 0 saturated heterocycles. The Morgan fingerprint density at radius 3 is 2.50 bits per heavy atom. The fraction of sp³-hybridized carbons (Fsp3) is 0.200. The highest BCUT2D eigenvalue weighted by Crippen LogP contribution is 2.33. The van der Waals surface area contributed by atoms with Gasteiger partial charge in [0.15, 0.2) is 6.20 Å². The average molecular weight is 403 g/mol. The zero-order chi connectivity index (χ0) is 21.4. The molecular formula is C25H24FN2O2+. The number of pyridine rings is 1. The van der Waals surface area contributed by atoms with Crippen LogP contribution < -0.4 is 4.57 Å². The maximum absolute atomic E-state index is 13.4. The minimum absolute atomic E-state index is 0.0197. The number of carbonyl (C=O) groups is 1. The van der Waals surface area contributed by atoms with E-state index in [0.717, 1.165) is 33.4 Å². The van der Waals surface area contributed by atoms with Gasteiger partial charge in [0, 0.05) is 34.3 Å². The quantitative estimate of drug-likeness (QED) is 0.356. The minimum Gasteiger partial charge on any atom is -0.465 e. The Labute approximate surface area is 175 Å². The highest BCUT2D eigenvalue weighted by Gasteiger charge is 2.24. The second-order valence-electron chi connectivity index (χ2n) is 7.48. The molecule has 0 aliphatic rings. The SMILES string of the molecule is COC(=O)c1c(C)n(C(C)c2cc[n+](C)c(-c3ccc(F)cc3)c2)c2ccccc12. The van der Waals surface area contributed by atoms with E-state index in [1.807, 2.05) is 49.0 Å². The Morgan fingerprint density at radius 1 is 1.10 bits per heavy atom. The molecule has 1 atom stereocenters. The Hall–Kier alpha value is -3.47. The van der Waals surface area contributed by atoms with E-state index in [4.69, 9.17) is 4.74 Å². The first-order valence-electron chi connectivity index (χ1n) is 9.85. The van der Waals surface area contributed by atoms with Crippen LogP contribution >= 0.6 is 0 Å². The van der Waals surface area contributed by atoms with Crippen molar-refractivity contribution in [2.24, 2.45) is 7.05 Å². The summed E-state index contributed by atoms with van der Waals surface area (Å²) in [5.41, 5.74) is 5.47. The Morgan fingerprint density at radius 2 is 1.80 bits per heavy atom. The summed E-state index contributed by atoms with van der Waals surface area (Å²) in [4.78, 5) is 12.5. The van der Waals surface area contributed by atoms with Gasteiger partial charge >= 0.3 is 5.97 Å². The van der Waals surface area contributed by atoms with E-state index in [1.165, 1.54) is 19.2 Å². The van der Waals surface area contributed by atoms with E-state index in [2.05, 4.69) is 23.6 Å². The van der Waals surface area contributed by atoms with Crippen LogP contribution in [0.2, 0.25) is 0 Å². The van der Waals surface area contributed by atoms with Gasteiger partial charge < -0.3 is 9.30 Å². The number of methoxy groups -OCH3 is 1. The van der Waals surface area contributed by atoms with Crippen LogP contribution in [0.3, 0.4) is 0 Å². The number of hydrogen-bond acceptors (Lipinski definition) is 2. The fourth-order valence-electron chi connectivity index (χ4n) is 4.15. The molecule has 4 aromatic rings. The van der Waals surface area contributed by atoms with Crippen molar-refractivity contribution >= 4 is 16.9 Å². The van der Waals surface area contributed by atoms with Crippen LogP contribution in [0.5, 0.6) is 0 Å². The molecule has 0 fully saturated rings. The predicted molar refractivity (Wildman–Crippen MR) is 115 cm³/mol. The van der Waals surface area contributed by atoms with E-state index >= 15 is 0 Å². The third-order valence-corrected chi connectivity index (χ3v) is 5.73. The van der Waals surface area contributed by atoms with Crippen LogP contribution in [0, 0.1) is 12.7 Å². The lowest BCUT2D eigenvalue weighted by atomic mass is 10.0. The third-order valence-electron chi connectivity index (χ3n) is 5.73. The van der Waals surface area contributed by atoms with Gasteiger partial charge in [0.05, 0.1) is 18.7 Å². The lowest BCUT2D eigenvalue weighted by molar-refractivity contribution is -0.660. The van der Waals surface area contributed by atoms with Crippen LogP contribution in [0.1, 0.15) is 34.6 Å². The highest BCUT2D eigenvalue weighted by molar-refractivity contribution is 6.06. The van der Waals surface area contributed by atoms with Gasteiger partial charge in [-0.3, -0.25) is 0 Å². The van der Waals surface area contributed by atoms with Crippen molar-refractivity contribution in [1.82, 2.24) is 4.57 Å². The van der Waals surface area contributed by atoms with Crippen LogP contribution in [0.4, 0.5) is 4.39 Å². The van der Waals surface area contributed by atoms with Gasteiger partial charge in [-0.2, -0.15) is 0 Å². The monoisotopic (exact) mass is 403 g/mol. The number of esters is 1. The van der Waals surface area contributed by atoms with E-state index in [0.29, 0.717) is 5.56 Å². The van der Waals surface area contributed by atoms with Gasteiger partial charge in [0.2, 0.25) is 5.69 Å². The molecule has 0 N–H and O–H groups in total. The van der Waals surface area contributed by atoms with Crippen molar-refractivity contribution < 1.29 is 18.5 Å². The van der Waals surface area contributed by atoms with E-state index < -0.39 is 0 Å². The van der Waals surface area contributed by atoms with Crippen LogP contribution in [-0.4, -0.2) is 17.6 Å². The molecule has 2 aromatic heterocycles. The topological polar surface area (TPSA) is 35.1 Å². The Balaban J connectivity index is 1.86. The van der Waals surface area contributed by atoms with Gasteiger partial charge in [-0.1, -0.05) is 18.2 Å². The number of aryl methyl sites for hydroxylation is 1. The number of halogens is 1. The molecule has 2 heterocycles. The highest BCUT2D eigenvalue weighted by atomic mass is 19.1. The average Bonchev–Trinajstić information content (AvgIpc) is 3.05. The molecule has 152 valence electrons. The summed E-state index contributed by atoms with van der Waals surface area (Å²) < 4.78 is 22.6. The summed E-state index contributed by atoms with van der Waals surface area (Å²) in [6.45, 7) is 4.07. The lowest BCUT2D eigenvalue weighted by Gasteiger charge is -2.18. The third kappa shape index (κ3) is 3.26. The first kappa shape index (κ1) is 19.8. The first-order chi connectivity index (χ1) is 14.4. The minimum atomic E-state index is -0.332. The summed E-state index contributed by atoms with van der Waals surface area (Å²) in [7, 11) is 3.38. The number of fused-ring (bicyclic) bond motifs is 1. The van der Waals surface area contributed by atoms with Gasteiger partial charge in [-0.05, 0) is 49.7 Å². The largest absolute Gasteiger partial charge is 0.465 e. The molecule has 0 spiro atoms. The summed E-state index contributed by atoms with van der Waals surface area (Å²) in [5.74, 6) is -0.586. The molecule has 0 aliphatic heterocycles. The first-order valence-corrected chi connectivity index (χ1v) is 9.85. The lowest BCUT2D eigenvalue weighted by Crippen LogP contribution is -2.31. The molecule has 30 heavy (non-hydrogen) atoms. The molecule has 0 aliphatic carbocycles. The maximum atomic E-state index is 13.4. The summed E-state index contributed by atoms with van der Waals surface area (Å²) in [5, 5.41) is 0.883. The van der Waals surface area contributed by atoms with Crippen molar-refractivity contribution in [2.75, 3.05) is 7.11 Å². The van der Waals surface area contributed by atoms with E-state index in [9.17, 15) is 9.18 Å². The molecule has 5 heteroatoms. The van der Waals surface area contributed by atoms with Crippen LogP contribution in [0.25, 0.3) is 22.2 Å². The van der Waals surface area contributed by atoms with Crippen LogP contribution in [0.15, 0.2) is 66.9 Å². The van der Waals surface area contributed by atoms with E-state index in [-0.39, 0.29) is 17.8 Å². The number of benzene rings is 2. The van der Waals surface area contributed by atoms with Crippen molar-refractivity contribution in [1.29, 1.82) is 0 Å². The molecule has 0 saturated carbocycles. The summed E-state index contributed by atoms with van der Waals surface area (Å²) >= 11 is 0. The standard InChI is InChI=1S/C25H24FN2O2/c1-16(19-13-14-27(3)23(15-19)18-9-11-20(26)12-10-18)28-17(2)24(25(29)30-4)21-7-5-6-8-22(21)28/h5-16H,1-4H3/q+1. The van der Waals surface area contributed by atoms with Crippen molar-refractivity contribution in [3.05, 3.63) is 89.5 Å². The molecule has 4 nitrogen and oxygen atoms in total. The number of nitrogens with zero attached hydrogens (tertiary/aromatic N) is 2. The number of hydrogen-bond donors (Lipinski definition) is 0. The smallest absolute Gasteiger partial charge is 0.340 e. The van der Waals surface area contributed by atoms with Crippen molar-refractivity contribution in [2.45, 2.75) is 19.9 Å². The van der Waals surface area contributed by atoms with Gasteiger partial charge in [-0.25, -0.2) is 13.8 Å². The summed E-state index contributed by atoms with van der Waals surface area (Å²) in [6.07, 6.45) is 2.01. The number of para-hydroxylation sites is 1. The Kier molecular flexibility index (Phi) is 5.12. The zero-order valence-corrected chi connectivity index (χ0v) is 17.5. The van der Waals surface area contributed by atoms with Crippen molar-refractivity contribution in [3.8, 4) is 11.3 Å². The van der Waals surface area contributed by atoms with Gasteiger partial charge in [-0.15, -0.1) is 0 Å². The van der Waals surface area contributed by atoms with E-state index in [1.54, 1.807) is 12.1 Å². The summed E-state index contributed by atoms with van der Waals surface area (Å²) in [6, 6.07) is 18.5. The predicted octanol–water partition coefficient (Wildman–Crippen LogP) is 4.98. The van der Waals surface area contributed by atoms with Gasteiger partial charge in [0.1, 0.15) is 12.9 Å². The second kappa shape index (κ2) is 7.75. The molecule has 2 aromatic carbocycles. The molecular weight excluding hydrogens is 379 g/mol. The Bertz CT molecular complexity index is 1240. The second-order valence-corrected chi connectivity index (χ2v) is 7.48. The van der Waals surface area contributed by atoms with Gasteiger partial charge in [0.25, 0.3) is 0 Å².